The summed E-state index contributed by atoms with van der Waals surface area (Å²) in [5.74, 6) is -1.22. The Kier molecular flexibility index (Phi) is 8.80. The first-order valence-electron chi connectivity index (χ1n) is 11.5. The van der Waals surface area contributed by atoms with Crippen molar-refractivity contribution in [2.24, 2.45) is 5.92 Å². The summed E-state index contributed by atoms with van der Waals surface area (Å²) in [7, 11) is 1.56. The topological polar surface area (TPSA) is 18.5 Å². The van der Waals surface area contributed by atoms with Crippen LogP contribution in [0.15, 0.2) is 84.9 Å². The highest BCUT2D eigenvalue weighted by Crippen LogP contribution is 2.39. The van der Waals surface area contributed by atoms with Gasteiger partial charge in [-0.1, -0.05) is 49.6 Å². The third-order valence-electron chi connectivity index (χ3n) is 6.20. The van der Waals surface area contributed by atoms with E-state index < -0.39 is 17.5 Å². The maximum absolute atomic E-state index is 15.0. The number of hydrogen-bond donors (Lipinski definition) is 0. The molecule has 0 heterocycles. The maximum atomic E-state index is 15.0. The third-order valence-corrected chi connectivity index (χ3v) is 6.20. The molecule has 0 N–H and O–H groups in total. The lowest BCUT2D eigenvalue weighted by atomic mass is 9.78. The molecule has 2 aromatic carbocycles. The molecule has 0 saturated heterocycles. The average molecular weight is 469 g/mol. The van der Waals surface area contributed by atoms with Crippen molar-refractivity contribution in [3.63, 3.8) is 0 Å². The Morgan fingerprint density at radius 2 is 1.68 bits per heavy atom. The third kappa shape index (κ3) is 6.22. The van der Waals surface area contributed by atoms with E-state index in [-0.39, 0.29) is 23.2 Å². The lowest BCUT2D eigenvalue weighted by molar-refractivity contribution is 0.226. The van der Waals surface area contributed by atoms with Gasteiger partial charge in [0.25, 0.3) is 0 Å². The average Bonchev–Trinajstić information content (AvgIpc) is 2.85. The number of allylic oxidation sites excluding steroid dienone is 5. The molecule has 0 atom stereocenters. The van der Waals surface area contributed by atoms with Crippen LogP contribution in [-0.4, -0.2) is 13.7 Å². The second kappa shape index (κ2) is 11.8. The summed E-state index contributed by atoms with van der Waals surface area (Å²) in [5.41, 5.74) is 1.79. The van der Waals surface area contributed by atoms with E-state index in [1.165, 1.54) is 6.08 Å². The summed E-state index contributed by atoms with van der Waals surface area (Å²) in [6, 6.07) is 10.3. The molecule has 0 aromatic heterocycles. The minimum atomic E-state index is -0.816. The van der Waals surface area contributed by atoms with Crippen molar-refractivity contribution in [2.45, 2.75) is 38.5 Å². The van der Waals surface area contributed by atoms with Crippen molar-refractivity contribution in [3.05, 3.63) is 102 Å². The Balaban J connectivity index is 1.62. The van der Waals surface area contributed by atoms with E-state index in [4.69, 9.17) is 9.47 Å². The van der Waals surface area contributed by atoms with E-state index in [9.17, 15) is 13.2 Å². The van der Waals surface area contributed by atoms with Crippen LogP contribution in [0.5, 0.6) is 5.75 Å². The summed E-state index contributed by atoms with van der Waals surface area (Å²) >= 11 is 0. The fourth-order valence-electron chi connectivity index (χ4n) is 4.29. The summed E-state index contributed by atoms with van der Waals surface area (Å²) in [5, 5.41) is 0. The maximum Gasteiger partial charge on any atom is 0.166 e. The van der Waals surface area contributed by atoms with E-state index in [0.29, 0.717) is 29.1 Å². The van der Waals surface area contributed by atoms with Gasteiger partial charge in [0.1, 0.15) is 11.5 Å². The molecule has 0 spiro atoms. The van der Waals surface area contributed by atoms with Crippen molar-refractivity contribution in [2.75, 3.05) is 13.7 Å². The van der Waals surface area contributed by atoms with Crippen molar-refractivity contribution >= 4 is 0 Å². The van der Waals surface area contributed by atoms with Crippen LogP contribution in [0.2, 0.25) is 0 Å². The highest BCUT2D eigenvalue weighted by atomic mass is 19.2. The van der Waals surface area contributed by atoms with Gasteiger partial charge in [-0.05, 0) is 79.4 Å². The largest absolute Gasteiger partial charge is 0.497 e. The molecule has 1 saturated carbocycles. The highest BCUT2D eigenvalue weighted by molar-refractivity contribution is 5.65. The number of ether oxygens (including phenoxy) is 2. The second-order valence-corrected chi connectivity index (χ2v) is 8.45. The molecule has 2 aromatic rings. The molecular weight excluding hydrogens is 437 g/mol. The van der Waals surface area contributed by atoms with E-state index in [2.05, 4.69) is 13.2 Å². The van der Waals surface area contributed by atoms with Crippen LogP contribution < -0.4 is 4.74 Å². The first kappa shape index (κ1) is 25.4. The summed E-state index contributed by atoms with van der Waals surface area (Å²) in [6.45, 7) is 9.49. The Morgan fingerprint density at radius 3 is 2.29 bits per heavy atom. The van der Waals surface area contributed by atoms with Crippen molar-refractivity contribution in [3.8, 4) is 16.9 Å². The summed E-state index contributed by atoms with van der Waals surface area (Å²) < 4.78 is 54.0. The van der Waals surface area contributed by atoms with Crippen LogP contribution in [0.25, 0.3) is 11.1 Å². The SMILES string of the molecule is C=C(/C=C/C1CCC(c2ccc(-c3ccc(OC)cc3)c(F)c2F)CC1)/C=C(/F)C(=C)OCC. The molecule has 0 aliphatic heterocycles. The van der Waals surface area contributed by atoms with Gasteiger partial charge in [0, 0.05) is 5.56 Å². The molecule has 34 heavy (non-hydrogen) atoms. The molecule has 1 fully saturated rings. The summed E-state index contributed by atoms with van der Waals surface area (Å²) in [6.07, 6.45) is 8.28. The van der Waals surface area contributed by atoms with E-state index in [0.717, 1.165) is 25.7 Å². The molecule has 180 valence electrons. The Bertz CT molecular complexity index is 1080. The first-order valence-corrected chi connectivity index (χ1v) is 11.5. The van der Waals surface area contributed by atoms with Crippen LogP contribution in [0.3, 0.4) is 0 Å². The minimum absolute atomic E-state index is 0.00942. The Morgan fingerprint density at radius 1 is 1.00 bits per heavy atom. The summed E-state index contributed by atoms with van der Waals surface area (Å²) in [4.78, 5) is 0. The van der Waals surface area contributed by atoms with Crippen LogP contribution in [-0.2, 0) is 4.74 Å². The number of rotatable bonds is 9. The van der Waals surface area contributed by atoms with Gasteiger partial charge < -0.3 is 9.47 Å². The predicted octanol–water partition coefficient (Wildman–Crippen LogP) is 8.43. The highest BCUT2D eigenvalue weighted by Gasteiger charge is 2.25. The lowest BCUT2D eigenvalue weighted by Gasteiger charge is -2.27. The lowest BCUT2D eigenvalue weighted by Crippen LogP contribution is -2.13. The zero-order chi connectivity index (χ0) is 24.7. The molecule has 0 unspecified atom stereocenters. The first-order chi connectivity index (χ1) is 16.3. The number of methoxy groups -OCH3 is 1. The van der Waals surface area contributed by atoms with Gasteiger partial charge in [-0.15, -0.1) is 0 Å². The number of benzene rings is 2. The zero-order valence-corrected chi connectivity index (χ0v) is 19.8. The van der Waals surface area contributed by atoms with Gasteiger partial charge in [-0.25, -0.2) is 13.2 Å². The smallest absolute Gasteiger partial charge is 0.166 e. The predicted molar refractivity (Wildman–Crippen MR) is 131 cm³/mol. The van der Waals surface area contributed by atoms with Crippen molar-refractivity contribution < 1.29 is 22.6 Å². The zero-order valence-electron chi connectivity index (χ0n) is 19.8. The molecule has 0 bridgehead atoms. The quantitative estimate of drug-likeness (QED) is 0.272. The van der Waals surface area contributed by atoms with E-state index >= 15 is 0 Å². The molecule has 1 aliphatic rings. The van der Waals surface area contributed by atoms with Crippen LogP contribution in [0.4, 0.5) is 13.2 Å². The minimum Gasteiger partial charge on any atom is -0.497 e. The Hall–Kier alpha value is -3.21. The second-order valence-electron chi connectivity index (χ2n) is 8.45. The molecule has 5 heteroatoms. The standard InChI is InChI=1S/C29H31F3O2/c1-5-34-20(3)27(30)18-19(2)6-7-21-8-10-22(11-9-21)25-16-17-26(29(32)28(25)31)23-12-14-24(33-4)15-13-23/h6-7,12-18,21-22H,2-3,5,8-11H2,1,4H3/b7-6+,27-18+. The molecule has 0 radical (unpaired) electrons. The molecular formula is C29H31F3O2. The fourth-order valence-corrected chi connectivity index (χ4v) is 4.29. The van der Waals surface area contributed by atoms with Crippen LogP contribution >= 0.6 is 0 Å². The van der Waals surface area contributed by atoms with Gasteiger partial charge >= 0.3 is 0 Å². The monoisotopic (exact) mass is 468 g/mol. The molecule has 2 nitrogen and oxygen atoms in total. The van der Waals surface area contributed by atoms with Crippen LogP contribution in [0.1, 0.15) is 44.1 Å². The molecule has 1 aliphatic carbocycles. The molecule has 0 amide bonds. The molecule has 3 rings (SSSR count). The van der Waals surface area contributed by atoms with Gasteiger partial charge in [-0.2, -0.15) is 0 Å². The van der Waals surface area contributed by atoms with E-state index in [1.54, 1.807) is 56.5 Å². The Labute approximate surface area is 200 Å². The van der Waals surface area contributed by atoms with Gasteiger partial charge in [0.2, 0.25) is 0 Å². The number of halogens is 3. The normalized spacial score (nSPS) is 18.7. The van der Waals surface area contributed by atoms with Gasteiger partial charge in [-0.3, -0.25) is 0 Å². The van der Waals surface area contributed by atoms with Crippen molar-refractivity contribution in [1.82, 2.24) is 0 Å². The van der Waals surface area contributed by atoms with Gasteiger partial charge in [0.05, 0.1) is 13.7 Å². The van der Waals surface area contributed by atoms with E-state index in [1.807, 2.05) is 6.08 Å². The van der Waals surface area contributed by atoms with Crippen LogP contribution in [0, 0.1) is 17.6 Å². The fraction of sp³-hybridized carbons (Fsp3) is 0.310. The van der Waals surface area contributed by atoms with Gasteiger partial charge in [0.15, 0.2) is 17.5 Å². The number of hydrogen-bond acceptors (Lipinski definition) is 2. The van der Waals surface area contributed by atoms with Crippen molar-refractivity contribution in [1.29, 1.82) is 0 Å².